The maximum atomic E-state index is 13.4. The predicted molar refractivity (Wildman–Crippen MR) is 59.9 cm³/mol. The van der Waals surface area contributed by atoms with Crippen molar-refractivity contribution >= 4 is 21.8 Å². The molecule has 0 fully saturated rings. The van der Waals surface area contributed by atoms with Crippen molar-refractivity contribution in [2.24, 2.45) is 0 Å². The molecule has 1 aromatic carbocycles. The van der Waals surface area contributed by atoms with Crippen LogP contribution < -0.4 is 0 Å². The van der Waals surface area contributed by atoms with Crippen LogP contribution >= 0.6 is 15.9 Å². The molecule has 0 radical (unpaired) electrons. The Labute approximate surface area is 100 Å². The van der Waals surface area contributed by atoms with Gasteiger partial charge in [-0.05, 0) is 12.1 Å². The molecule has 0 bridgehead atoms. The first-order chi connectivity index (χ1) is 7.47. The van der Waals surface area contributed by atoms with Crippen LogP contribution in [0.15, 0.2) is 16.6 Å². The lowest BCUT2D eigenvalue weighted by molar-refractivity contribution is 0.0803. The van der Waals surface area contributed by atoms with E-state index in [1.54, 1.807) is 0 Å². The van der Waals surface area contributed by atoms with E-state index in [2.05, 4.69) is 21.9 Å². The molecule has 0 N–H and O–H groups in total. The lowest BCUT2D eigenvalue weighted by Crippen LogP contribution is -2.28. The van der Waals surface area contributed by atoms with E-state index in [-0.39, 0.29) is 11.0 Å². The average Bonchev–Trinajstić information content (AvgIpc) is 2.16. The lowest BCUT2D eigenvalue weighted by atomic mass is 10.1. The van der Waals surface area contributed by atoms with Crippen LogP contribution in [0.2, 0.25) is 0 Å². The van der Waals surface area contributed by atoms with Gasteiger partial charge in [-0.3, -0.25) is 4.79 Å². The van der Waals surface area contributed by atoms with Gasteiger partial charge in [-0.25, -0.2) is 8.78 Å². The Hall–Kier alpha value is -1.41. The second kappa shape index (κ2) is 5.08. The highest BCUT2D eigenvalue weighted by Gasteiger charge is 2.20. The molecule has 0 saturated heterocycles. The summed E-state index contributed by atoms with van der Waals surface area (Å²) >= 11 is 2.93. The van der Waals surface area contributed by atoms with Crippen LogP contribution in [0.4, 0.5) is 8.78 Å². The van der Waals surface area contributed by atoms with Gasteiger partial charge in [0.2, 0.25) is 0 Å². The molecule has 0 atom stereocenters. The van der Waals surface area contributed by atoms with E-state index in [9.17, 15) is 13.6 Å². The van der Waals surface area contributed by atoms with E-state index in [1.165, 1.54) is 7.05 Å². The van der Waals surface area contributed by atoms with Crippen LogP contribution in [-0.2, 0) is 0 Å². The van der Waals surface area contributed by atoms with E-state index in [0.29, 0.717) is 0 Å². The number of terminal acetylenes is 1. The smallest absolute Gasteiger partial charge is 0.260 e. The van der Waals surface area contributed by atoms with Crippen LogP contribution in [-0.4, -0.2) is 24.4 Å². The molecule has 5 heteroatoms. The van der Waals surface area contributed by atoms with E-state index in [4.69, 9.17) is 6.42 Å². The first kappa shape index (κ1) is 12.7. The minimum atomic E-state index is -0.916. The van der Waals surface area contributed by atoms with Crippen molar-refractivity contribution in [2.45, 2.75) is 0 Å². The number of halogens is 3. The van der Waals surface area contributed by atoms with Gasteiger partial charge in [0.15, 0.2) is 0 Å². The van der Waals surface area contributed by atoms with Gasteiger partial charge in [0.05, 0.1) is 6.54 Å². The van der Waals surface area contributed by atoms with Gasteiger partial charge in [0.25, 0.3) is 5.91 Å². The SMILES string of the molecule is C#CCN(C)C(=O)c1c(F)cc(Br)cc1F. The second-order valence-corrected chi connectivity index (χ2v) is 4.03. The van der Waals surface area contributed by atoms with Crippen molar-refractivity contribution < 1.29 is 13.6 Å². The fourth-order valence-corrected chi connectivity index (χ4v) is 1.55. The van der Waals surface area contributed by atoms with Gasteiger partial charge in [0, 0.05) is 11.5 Å². The fourth-order valence-electron chi connectivity index (χ4n) is 1.15. The van der Waals surface area contributed by atoms with E-state index in [1.807, 2.05) is 0 Å². The summed E-state index contributed by atoms with van der Waals surface area (Å²) in [6, 6.07) is 2.06. The van der Waals surface area contributed by atoms with Crippen molar-refractivity contribution in [2.75, 3.05) is 13.6 Å². The molecule has 0 unspecified atom stereocenters. The lowest BCUT2D eigenvalue weighted by Gasteiger charge is -2.14. The molecule has 0 aliphatic carbocycles. The highest BCUT2D eigenvalue weighted by Crippen LogP contribution is 2.20. The Morgan fingerprint density at radius 3 is 2.44 bits per heavy atom. The molecular formula is C11H8BrF2NO. The summed E-state index contributed by atoms with van der Waals surface area (Å²) in [7, 11) is 1.38. The summed E-state index contributed by atoms with van der Waals surface area (Å²) < 4.78 is 27.0. The number of benzene rings is 1. The van der Waals surface area contributed by atoms with Gasteiger partial charge in [-0.2, -0.15) is 0 Å². The number of hydrogen-bond acceptors (Lipinski definition) is 1. The molecule has 1 amide bonds. The summed E-state index contributed by atoms with van der Waals surface area (Å²) in [5.41, 5.74) is -0.596. The number of carbonyl (C=O) groups excluding carboxylic acids is 1. The number of nitrogens with zero attached hydrogens (tertiary/aromatic N) is 1. The molecule has 1 rings (SSSR count). The van der Waals surface area contributed by atoms with Gasteiger partial charge in [-0.1, -0.05) is 21.9 Å². The Morgan fingerprint density at radius 1 is 1.50 bits per heavy atom. The quantitative estimate of drug-likeness (QED) is 0.765. The summed E-state index contributed by atoms with van der Waals surface area (Å²) in [6.07, 6.45) is 5.01. The van der Waals surface area contributed by atoms with Crippen LogP contribution in [0.25, 0.3) is 0 Å². The van der Waals surface area contributed by atoms with Crippen molar-refractivity contribution in [1.82, 2.24) is 4.90 Å². The Balaban J connectivity index is 3.15. The van der Waals surface area contributed by atoms with Crippen LogP contribution in [0.3, 0.4) is 0 Å². The van der Waals surface area contributed by atoms with Crippen molar-refractivity contribution in [3.63, 3.8) is 0 Å². The van der Waals surface area contributed by atoms with Crippen LogP contribution in [0.1, 0.15) is 10.4 Å². The predicted octanol–water partition coefficient (Wildman–Crippen LogP) is 2.43. The standard InChI is InChI=1S/C11H8BrF2NO/c1-3-4-15(2)11(16)10-8(13)5-7(12)6-9(10)14/h1,5-6H,4H2,2H3. The topological polar surface area (TPSA) is 20.3 Å². The molecule has 84 valence electrons. The van der Waals surface area contributed by atoms with Crippen molar-refractivity contribution in [3.05, 3.63) is 33.8 Å². The molecule has 16 heavy (non-hydrogen) atoms. The zero-order chi connectivity index (χ0) is 12.3. The molecule has 0 heterocycles. The highest BCUT2D eigenvalue weighted by atomic mass is 79.9. The zero-order valence-corrected chi connectivity index (χ0v) is 10.0. The maximum Gasteiger partial charge on any atom is 0.260 e. The normalized spacial score (nSPS) is 9.69. The van der Waals surface area contributed by atoms with E-state index >= 15 is 0 Å². The molecular weight excluding hydrogens is 280 g/mol. The minimum Gasteiger partial charge on any atom is -0.330 e. The van der Waals surface area contributed by atoms with E-state index < -0.39 is 23.1 Å². The largest absolute Gasteiger partial charge is 0.330 e. The molecule has 0 aromatic heterocycles. The molecule has 0 aliphatic rings. The summed E-state index contributed by atoms with van der Waals surface area (Å²) in [5, 5.41) is 0. The minimum absolute atomic E-state index is 0.00617. The van der Waals surface area contributed by atoms with E-state index in [0.717, 1.165) is 17.0 Å². The number of hydrogen-bond donors (Lipinski definition) is 0. The molecule has 0 spiro atoms. The van der Waals surface area contributed by atoms with Gasteiger partial charge in [-0.15, -0.1) is 6.42 Å². The summed E-state index contributed by atoms with van der Waals surface area (Å²) in [5.74, 6) is -0.390. The average molecular weight is 288 g/mol. The van der Waals surface area contributed by atoms with Gasteiger partial charge in [0.1, 0.15) is 17.2 Å². The van der Waals surface area contributed by atoms with Crippen LogP contribution in [0, 0.1) is 24.0 Å². The number of amides is 1. The van der Waals surface area contributed by atoms with Crippen molar-refractivity contribution in [3.8, 4) is 12.3 Å². The molecule has 2 nitrogen and oxygen atoms in total. The highest BCUT2D eigenvalue weighted by molar-refractivity contribution is 9.10. The Morgan fingerprint density at radius 2 is 2.00 bits per heavy atom. The molecule has 0 saturated carbocycles. The number of rotatable bonds is 2. The Bertz CT molecular complexity index is 445. The third-order valence-electron chi connectivity index (χ3n) is 1.90. The van der Waals surface area contributed by atoms with Gasteiger partial charge >= 0.3 is 0 Å². The fraction of sp³-hybridized carbons (Fsp3) is 0.182. The van der Waals surface area contributed by atoms with Gasteiger partial charge < -0.3 is 4.90 Å². The number of carbonyl (C=O) groups is 1. The van der Waals surface area contributed by atoms with Crippen LogP contribution in [0.5, 0.6) is 0 Å². The second-order valence-electron chi connectivity index (χ2n) is 3.11. The Kier molecular flexibility index (Phi) is 4.02. The first-order valence-electron chi connectivity index (χ1n) is 4.31. The maximum absolute atomic E-state index is 13.4. The molecule has 1 aromatic rings. The monoisotopic (exact) mass is 287 g/mol. The zero-order valence-electron chi connectivity index (χ0n) is 8.43. The third kappa shape index (κ3) is 2.58. The third-order valence-corrected chi connectivity index (χ3v) is 2.35. The summed E-state index contributed by atoms with van der Waals surface area (Å²) in [4.78, 5) is 12.7. The van der Waals surface area contributed by atoms with Crippen molar-refractivity contribution in [1.29, 1.82) is 0 Å². The molecule has 0 aliphatic heterocycles. The summed E-state index contributed by atoms with van der Waals surface area (Å²) in [6.45, 7) is -0.00617. The first-order valence-corrected chi connectivity index (χ1v) is 5.10.